The van der Waals surface area contributed by atoms with Crippen LogP contribution in [0.4, 0.5) is 5.69 Å². The van der Waals surface area contributed by atoms with Gasteiger partial charge < -0.3 is 25.0 Å². The van der Waals surface area contributed by atoms with Gasteiger partial charge in [-0.2, -0.15) is 0 Å². The zero-order chi connectivity index (χ0) is 24.2. The van der Waals surface area contributed by atoms with E-state index in [1.54, 1.807) is 7.11 Å². The summed E-state index contributed by atoms with van der Waals surface area (Å²) in [5, 5.41) is 8.86. The summed E-state index contributed by atoms with van der Waals surface area (Å²) in [7, 11) is 3.57. The quantitative estimate of drug-likeness (QED) is 0.522. The number of carbonyl (C=O) groups is 1. The molecule has 0 aromatic heterocycles. The molecule has 3 atom stereocenters. The van der Waals surface area contributed by atoms with E-state index in [1.807, 2.05) is 54.4 Å². The topological polar surface area (TPSA) is 75.2 Å². The first-order valence-corrected chi connectivity index (χ1v) is 12.6. The van der Waals surface area contributed by atoms with E-state index >= 15 is 0 Å². The molecule has 3 aliphatic heterocycles. The molecule has 6 rings (SSSR count). The summed E-state index contributed by atoms with van der Waals surface area (Å²) >= 11 is 3.57. The van der Waals surface area contributed by atoms with Gasteiger partial charge in [-0.3, -0.25) is 9.79 Å². The zero-order valence-electron chi connectivity index (χ0n) is 19.7. The number of carbonyl (C=O) groups excluding carboxylic acids is 1. The van der Waals surface area contributed by atoms with Crippen molar-refractivity contribution in [1.29, 1.82) is 0 Å². The van der Waals surface area contributed by atoms with E-state index < -0.39 is 11.6 Å². The number of para-hydroxylation sites is 2. The van der Waals surface area contributed by atoms with E-state index in [-0.39, 0.29) is 11.9 Å². The number of benzene rings is 3. The smallest absolute Gasteiger partial charge is 0.256 e. The first-order chi connectivity index (χ1) is 17.0. The predicted molar refractivity (Wildman–Crippen MR) is 141 cm³/mol. The van der Waals surface area contributed by atoms with Crippen molar-refractivity contribution in [3.05, 3.63) is 64.6 Å². The minimum atomic E-state index is -0.697. The van der Waals surface area contributed by atoms with Gasteiger partial charge in [0.05, 0.1) is 25.4 Å². The Bertz CT molecular complexity index is 1360. The number of rotatable bonds is 5. The maximum atomic E-state index is 14.3. The Morgan fingerprint density at radius 1 is 1.26 bits per heavy atom. The Hall–Kier alpha value is -2.94. The fraction of sp³-hybridized carbons (Fsp3) is 0.333. The average Bonchev–Trinajstić information content (AvgIpc) is 3.19. The normalized spacial score (nSPS) is 24.9. The fourth-order valence-electron chi connectivity index (χ4n) is 5.64. The number of hydrogen-bond acceptors (Lipinski definition) is 6. The van der Waals surface area contributed by atoms with Crippen molar-refractivity contribution in [2.45, 2.75) is 30.7 Å². The summed E-state index contributed by atoms with van der Waals surface area (Å²) < 4.78 is 13.4. The molecule has 3 aromatic carbocycles. The molecule has 3 aromatic rings. The van der Waals surface area contributed by atoms with E-state index in [0.29, 0.717) is 25.4 Å². The van der Waals surface area contributed by atoms with Crippen molar-refractivity contribution in [2.75, 3.05) is 32.1 Å². The van der Waals surface area contributed by atoms with Gasteiger partial charge in [-0.05, 0) is 48.2 Å². The van der Waals surface area contributed by atoms with Crippen LogP contribution < -0.4 is 25.0 Å². The van der Waals surface area contributed by atoms with E-state index in [9.17, 15) is 4.79 Å². The molecule has 0 radical (unpaired) electrons. The lowest BCUT2D eigenvalue weighted by atomic mass is 9.86. The van der Waals surface area contributed by atoms with Crippen LogP contribution in [0.15, 0.2) is 64.1 Å². The molecule has 8 heteroatoms. The minimum Gasteiger partial charge on any atom is -0.496 e. The summed E-state index contributed by atoms with van der Waals surface area (Å²) in [4.78, 5) is 21.1. The largest absolute Gasteiger partial charge is 0.496 e. The highest BCUT2D eigenvalue weighted by Crippen LogP contribution is 2.44. The van der Waals surface area contributed by atoms with E-state index in [0.717, 1.165) is 44.4 Å². The second kappa shape index (κ2) is 8.62. The molecule has 3 heterocycles. The summed E-state index contributed by atoms with van der Waals surface area (Å²) in [6.07, 6.45) is 0.720. The Morgan fingerprint density at radius 3 is 2.94 bits per heavy atom. The molecule has 0 saturated carbocycles. The van der Waals surface area contributed by atoms with Crippen LogP contribution in [0.1, 0.15) is 12.0 Å². The monoisotopic (exact) mass is 534 g/mol. The van der Waals surface area contributed by atoms with Crippen LogP contribution >= 0.6 is 15.9 Å². The van der Waals surface area contributed by atoms with Crippen LogP contribution in [-0.2, 0) is 11.3 Å². The molecule has 7 nitrogen and oxygen atoms in total. The number of methoxy groups -OCH3 is 1. The highest BCUT2D eigenvalue weighted by molar-refractivity contribution is 9.10. The SMILES string of the molecule is CNCC1=NC2C(=O)N(Cc3c(OC)ccc4cc(Br)ccc34)c3ccccc3OC23CNC1C3. The first-order valence-electron chi connectivity index (χ1n) is 11.8. The maximum Gasteiger partial charge on any atom is 0.256 e. The second-order valence-corrected chi connectivity index (χ2v) is 10.3. The highest BCUT2D eigenvalue weighted by Gasteiger charge is 2.57. The molecular weight excluding hydrogens is 508 g/mol. The average molecular weight is 535 g/mol. The van der Waals surface area contributed by atoms with E-state index in [1.165, 1.54) is 0 Å². The lowest BCUT2D eigenvalue weighted by Crippen LogP contribution is -2.56. The molecule has 0 aliphatic carbocycles. The summed E-state index contributed by atoms with van der Waals surface area (Å²) in [5.41, 5.74) is 1.99. The minimum absolute atomic E-state index is 0.0538. The summed E-state index contributed by atoms with van der Waals surface area (Å²) in [6.45, 7) is 1.57. The van der Waals surface area contributed by atoms with Crippen molar-refractivity contribution < 1.29 is 14.3 Å². The van der Waals surface area contributed by atoms with Gasteiger partial charge in [-0.25, -0.2) is 0 Å². The van der Waals surface area contributed by atoms with Crippen LogP contribution in [0.2, 0.25) is 0 Å². The lowest BCUT2D eigenvalue weighted by Gasteiger charge is -2.36. The Kier molecular flexibility index (Phi) is 5.55. The Morgan fingerprint density at radius 2 is 2.11 bits per heavy atom. The number of nitrogens with zero attached hydrogens (tertiary/aromatic N) is 2. The number of hydrogen-bond donors (Lipinski definition) is 2. The number of fused-ring (bicyclic) bond motifs is 3. The van der Waals surface area contributed by atoms with Gasteiger partial charge in [-0.1, -0.05) is 40.2 Å². The van der Waals surface area contributed by atoms with Crippen LogP contribution in [0.5, 0.6) is 11.5 Å². The van der Waals surface area contributed by atoms with Gasteiger partial charge in [-0.15, -0.1) is 0 Å². The van der Waals surface area contributed by atoms with Crippen LogP contribution in [0.3, 0.4) is 0 Å². The van der Waals surface area contributed by atoms with E-state index in [4.69, 9.17) is 14.5 Å². The van der Waals surface area contributed by atoms with Crippen molar-refractivity contribution in [2.24, 2.45) is 4.99 Å². The zero-order valence-corrected chi connectivity index (χ0v) is 21.3. The third kappa shape index (κ3) is 3.63. The van der Waals surface area contributed by atoms with Gasteiger partial charge in [0.25, 0.3) is 5.91 Å². The molecule has 3 unspecified atom stereocenters. The van der Waals surface area contributed by atoms with Crippen molar-refractivity contribution >= 4 is 44.0 Å². The van der Waals surface area contributed by atoms with Crippen molar-refractivity contribution in [1.82, 2.24) is 10.6 Å². The molecule has 2 bridgehead atoms. The second-order valence-electron chi connectivity index (χ2n) is 9.36. The summed E-state index contributed by atoms with van der Waals surface area (Å²) in [6, 6.07) is 17.4. The highest BCUT2D eigenvalue weighted by atomic mass is 79.9. The number of aliphatic imine (C=N–C) groups is 1. The third-order valence-electron chi connectivity index (χ3n) is 7.31. The van der Waals surface area contributed by atoms with E-state index in [2.05, 4.69) is 38.7 Å². The predicted octanol–water partition coefficient (Wildman–Crippen LogP) is 3.68. The van der Waals surface area contributed by atoms with Gasteiger partial charge in [0.15, 0.2) is 11.6 Å². The Balaban J connectivity index is 1.50. The molecule has 1 saturated heterocycles. The fourth-order valence-corrected chi connectivity index (χ4v) is 6.02. The standard InChI is InChI=1S/C27H27BrN4O3/c1-29-13-21-20-12-27(15-30-20)25(31-21)26(33)32(22-5-3-4-6-24(22)35-27)14-19-18-9-8-17(28)11-16(18)7-10-23(19)34-2/h3-11,20,25,29-30H,12-15H2,1-2H3. The van der Waals surface area contributed by atoms with Crippen LogP contribution in [0, 0.1) is 0 Å². The van der Waals surface area contributed by atoms with Gasteiger partial charge in [0, 0.05) is 35.3 Å². The number of ether oxygens (including phenoxy) is 2. The van der Waals surface area contributed by atoms with Crippen LogP contribution in [0.25, 0.3) is 10.8 Å². The van der Waals surface area contributed by atoms with Crippen LogP contribution in [-0.4, -0.2) is 56.6 Å². The third-order valence-corrected chi connectivity index (χ3v) is 7.80. The number of halogens is 1. The molecule has 1 fully saturated rings. The molecular formula is C27H27BrN4O3. The molecule has 2 N–H and O–H groups in total. The molecule has 1 amide bonds. The molecule has 3 aliphatic rings. The first kappa shape index (κ1) is 22.5. The number of amides is 1. The van der Waals surface area contributed by atoms with Gasteiger partial charge >= 0.3 is 0 Å². The van der Waals surface area contributed by atoms with Gasteiger partial charge in [0.1, 0.15) is 11.5 Å². The molecule has 180 valence electrons. The number of anilines is 1. The van der Waals surface area contributed by atoms with Crippen molar-refractivity contribution in [3.63, 3.8) is 0 Å². The molecule has 1 spiro atoms. The lowest BCUT2D eigenvalue weighted by molar-refractivity contribution is -0.123. The summed E-state index contributed by atoms with van der Waals surface area (Å²) in [5.74, 6) is 1.40. The maximum absolute atomic E-state index is 14.3. The Labute approximate surface area is 212 Å². The van der Waals surface area contributed by atoms with Gasteiger partial charge in [0.2, 0.25) is 0 Å². The molecule has 35 heavy (non-hydrogen) atoms. The number of nitrogens with one attached hydrogen (secondary N) is 2. The van der Waals surface area contributed by atoms with Crippen molar-refractivity contribution in [3.8, 4) is 11.5 Å².